The summed E-state index contributed by atoms with van der Waals surface area (Å²) in [6.45, 7) is 7.11. The van der Waals surface area contributed by atoms with Gasteiger partial charge in [0, 0.05) is 6.54 Å². The van der Waals surface area contributed by atoms with Crippen molar-refractivity contribution in [1.82, 2.24) is 10.6 Å². The molecule has 1 aliphatic heterocycles. The Labute approximate surface area is 120 Å². The minimum atomic E-state index is -0.0498. The van der Waals surface area contributed by atoms with E-state index in [2.05, 4.69) is 17.6 Å². The van der Waals surface area contributed by atoms with E-state index in [4.69, 9.17) is 4.74 Å². The number of benzene rings is 1. The molecule has 2 N–H and O–H groups in total. The van der Waals surface area contributed by atoms with Gasteiger partial charge < -0.3 is 15.4 Å². The predicted octanol–water partition coefficient (Wildman–Crippen LogP) is 1.88. The third-order valence-electron chi connectivity index (χ3n) is 3.88. The molecule has 0 bridgehead atoms. The molecule has 20 heavy (non-hydrogen) atoms. The molecule has 0 spiro atoms. The fourth-order valence-electron chi connectivity index (χ4n) is 2.42. The van der Waals surface area contributed by atoms with E-state index >= 15 is 0 Å². The van der Waals surface area contributed by atoms with Crippen LogP contribution < -0.4 is 15.4 Å². The van der Waals surface area contributed by atoms with Crippen LogP contribution in [0.25, 0.3) is 0 Å². The van der Waals surface area contributed by atoms with Crippen LogP contribution in [0.1, 0.15) is 25.3 Å². The summed E-state index contributed by atoms with van der Waals surface area (Å²) in [4.78, 5) is 11.8. The Morgan fingerprint density at radius 3 is 2.85 bits per heavy atom. The molecule has 1 fully saturated rings. The highest BCUT2D eigenvalue weighted by atomic mass is 16.5. The van der Waals surface area contributed by atoms with Crippen molar-refractivity contribution in [3.8, 4) is 5.75 Å². The van der Waals surface area contributed by atoms with Crippen LogP contribution in [0.15, 0.2) is 24.3 Å². The lowest BCUT2D eigenvalue weighted by Crippen LogP contribution is -2.43. The summed E-state index contributed by atoms with van der Waals surface area (Å²) in [6.07, 6.45) is 2.21. The first-order chi connectivity index (χ1) is 9.57. The summed E-state index contributed by atoms with van der Waals surface area (Å²) < 4.78 is 5.50. The Morgan fingerprint density at radius 1 is 1.40 bits per heavy atom. The molecule has 4 heteroatoms. The van der Waals surface area contributed by atoms with Crippen LogP contribution in [0, 0.1) is 12.3 Å². The molecule has 0 radical (unpaired) electrons. The van der Waals surface area contributed by atoms with Crippen LogP contribution in [-0.2, 0) is 4.79 Å². The molecule has 4 nitrogen and oxygen atoms in total. The van der Waals surface area contributed by atoms with Gasteiger partial charge in [-0.1, -0.05) is 19.1 Å². The van der Waals surface area contributed by atoms with Crippen molar-refractivity contribution >= 4 is 5.91 Å². The SMILES string of the molecule is Cc1cccc(OCC(=O)NCC2(C)CCNCC2)c1. The molecule has 1 aliphatic rings. The maximum Gasteiger partial charge on any atom is 0.257 e. The Balaban J connectivity index is 1.72. The van der Waals surface area contributed by atoms with E-state index in [1.54, 1.807) is 0 Å². The zero-order valence-electron chi connectivity index (χ0n) is 12.4. The van der Waals surface area contributed by atoms with Gasteiger partial charge in [0.05, 0.1) is 0 Å². The second-order valence-electron chi connectivity index (χ2n) is 5.94. The van der Waals surface area contributed by atoms with Crippen LogP contribution in [0.2, 0.25) is 0 Å². The molecule has 0 unspecified atom stereocenters. The average Bonchev–Trinajstić information content (AvgIpc) is 2.44. The molecule has 0 atom stereocenters. The van der Waals surface area contributed by atoms with Gasteiger partial charge >= 0.3 is 0 Å². The topological polar surface area (TPSA) is 50.4 Å². The van der Waals surface area contributed by atoms with E-state index in [0.29, 0.717) is 0 Å². The second kappa shape index (κ2) is 6.75. The number of aryl methyl sites for hydroxylation is 1. The standard InChI is InChI=1S/C16H24N2O2/c1-13-4-3-5-14(10-13)20-11-15(19)18-12-16(2)6-8-17-9-7-16/h3-5,10,17H,6-9,11-12H2,1-2H3,(H,18,19). The van der Waals surface area contributed by atoms with Crippen molar-refractivity contribution in [1.29, 1.82) is 0 Å². The molecule has 1 saturated heterocycles. The van der Waals surface area contributed by atoms with E-state index in [9.17, 15) is 4.79 Å². The van der Waals surface area contributed by atoms with E-state index in [1.807, 2.05) is 31.2 Å². The Hall–Kier alpha value is -1.55. The normalized spacial score (nSPS) is 17.5. The first-order valence-electron chi connectivity index (χ1n) is 7.24. The molecule has 2 rings (SSSR count). The highest BCUT2D eigenvalue weighted by Crippen LogP contribution is 2.26. The molecule has 1 heterocycles. The number of carbonyl (C=O) groups is 1. The number of piperidine rings is 1. The number of amides is 1. The van der Waals surface area contributed by atoms with Gasteiger partial charge in [0.15, 0.2) is 6.61 Å². The summed E-state index contributed by atoms with van der Waals surface area (Å²) in [6, 6.07) is 7.74. The molecule has 1 amide bonds. The van der Waals surface area contributed by atoms with Gasteiger partial charge in [-0.05, 0) is 56.0 Å². The van der Waals surface area contributed by atoms with Gasteiger partial charge in [-0.15, -0.1) is 0 Å². The van der Waals surface area contributed by atoms with Crippen LogP contribution >= 0.6 is 0 Å². The Morgan fingerprint density at radius 2 is 2.15 bits per heavy atom. The zero-order valence-corrected chi connectivity index (χ0v) is 12.4. The van der Waals surface area contributed by atoms with Crippen molar-refractivity contribution in [3.63, 3.8) is 0 Å². The first kappa shape index (κ1) is 14.9. The van der Waals surface area contributed by atoms with Gasteiger partial charge in [-0.25, -0.2) is 0 Å². The lowest BCUT2D eigenvalue weighted by Gasteiger charge is -2.34. The Bertz CT molecular complexity index is 454. The second-order valence-corrected chi connectivity index (χ2v) is 5.94. The van der Waals surface area contributed by atoms with E-state index in [0.717, 1.165) is 43.8 Å². The summed E-state index contributed by atoms with van der Waals surface area (Å²) in [5.41, 5.74) is 1.34. The Kier molecular flexibility index (Phi) is 5.01. The summed E-state index contributed by atoms with van der Waals surface area (Å²) in [5, 5.41) is 6.33. The molecular weight excluding hydrogens is 252 g/mol. The highest BCUT2D eigenvalue weighted by Gasteiger charge is 2.26. The highest BCUT2D eigenvalue weighted by molar-refractivity contribution is 5.77. The van der Waals surface area contributed by atoms with Crippen LogP contribution in [0.4, 0.5) is 0 Å². The summed E-state index contributed by atoms with van der Waals surface area (Å²) >= 11 is 0. The number of hydrogen-bond donors (Lipinski definition) is 2. The maximum atomic E-state index is 11.8. The quantitative estimate of drug-likeness (QED) is 0.863. The first-order valence-corrected chi connectivity index (χ1v) is 7.24. The molecular formula is C16H24N2O2. The monoisotopic (exact) mass is 276 g/mol. The van der Waals surface area contributed by atoms with Crippen molar-refractivity contribution < 1.29 is 9.53 Å². The fourth-order valence-corrected chi connectivity index (χ4v) is 2.42. The van der Waals surface area contributed by atoms with Crippen LogP contribution in [0.5, 0.6) is 5.75 Å². The van der Waals surface area contributed by atoms with Crippen molar-refractivity contribution in [3.05, 3.63) is 29.8 Å². The number of carbonyl (C=O) groups excluding carboxylic acids is 1. The third kappa shape index (κ3) is 4.53. The molecule has 1 aromatic rings. The summed E-state index contributed by atoms with van der Waals surface area (Å²) in [7, 11) is 0. The average molecular weight is 276 g/mol. The van der Waals surface area contributed by atoms with Gasteiger partial charge in [0.25, 0.3) is 5.91 Å². The van der Waals surface area contributed by atoms with Crippen LogP contribution in [-0.4, -0.2) is 32.1 Å². The number of nitrogens with one attached hydrogen (secondary N) is 2. The molecule has 110 valence electrons. The lowest BCUT2D eigenvalue weighted by atomic mass is 9.81. The molecule has 0 aromatic heterocycles. The molecule has 0 aliphatic carbocycles. The lowest BCUT2D eigenvalue weighted by molar-refractivity contribution is -0.123. The number of rotatable bonds is 5. The predicted molar refractivity (Wildman–Crippen MR) is 79.9 cm³/mol. The van der Waals surface area contributed by atoms with E-state index < -0.39 is 0 Å². The molecule has 1 aromatic carbocycles. The zero-order chi connectivity index (χ0) is 14.4. The van der Waals surface area contributed by atoms with Crippen LogP contribution in [0.3, 0.4) is 0 Å². The largest absolute Gasteiger partial charge is 0.484 e. The fraction of sp³-hybridized carbons (Fsp3) is 0.562. The van der Waals surface area contributed by atoms with E-state index in [-0.39, 0.29) is 17.9 Å². The molecule has 0 saturated carbocycles. The van der Waals surface area contributed by atoms with Gasteiger partial charge in [-0.2, -0.15) is 0 Å². The third-order valence-corrected chi connectivity index (χ3v) is 3.88. The number of hydrogen-bond acceptors (Lipinski definition) is 3. The summed E-state index contributed by atoms with van der Waals surface area (Å²) in [5.74, 6) is 0.694. The van der Waals surface area contributed by atoms with Crippen molar-refractivity contribution in [2.45, 2.75) is 26.7 Å². The van der Waals surface area contributed by atoms with Crippen molar-refractivity contribution in [2.75, 3.05) is 26.2 Å². The van der Waals surface area contributed by atoms with Crippen molar-refractivity contribution in [2.24, 2.45) is 5.41 Å². The van der Waals surface area contributed by atoms with Gasteiger partial charge in [-0.3, -0.25) is 4.79 Å². The smallest absolute Gasteiger partial charge is 0.257 e. The minimum absolute atomic E-state index is 0.0498. The maximum absolute atomic E-state index is 11.8. The minimum Gasteiger partial charge on any atom is -0.484 e. The van der Waals surface area contributed by atoms with E-state index in [1.165, 1.54) is 0 Å². The number of ether oxygens (including phenoxy) is 1. The van der Waals surface area contributed by atoms with Gasteiger partial charge in [0.2, 0.25) is 0 Å². The van der Waals surface area contributed by atoms with Gasteiger partial charge in [0.1, 0.15) is 5.75 Å².